The Morgan fingerprint density at radius 1 is 0.528 bits per heavy atom. The van der Waals surface area contributed by atoms with Crippen LogP contribution in [0.5, 0.6) is 0 Å². The second-order valence-electron chi connectivity index (χ2n) is 8.89. The molecule has 36 heavy (non-hydrogen) atoms. The molecule has 2 heterocycles. The predicted octanol–water partition coefficient (Wildman–Crippen LogP) is 8.09. The smallest absolute Gasteiger partial charge is 0.135 e. The normalized spacial score (nSPS) is 11.3. The number of fused-ring (bicyclic) bond motifs is 6. The van der Waals surface area contributed by atoms with Crippen molar-refractivity contribution >= 4 is 43.7 Å². The fourth-order valence-electron chi connectivity index (χ4n) is 5.20. The minimum atomic E-state index is 0.591. The number of nitrogens with zero attached hydrogens (tertiary/aromatic N) is 3. The summed E-state index contributed by atoms with van der Waals surface area (Å²) in [6.07, 6.45) is 0. The summed E-state index contributed by atoms with van der Waals surface area (Å²) < 4.78 is 8.22. The molecule has 0 radical (unpaired) electrons. The average Bonchev–Trinajstić information content (AvgIpc) is 3.47. The maximum absolute atomic E-state index is 9.89. The minimum absolute atomic E-state index is 0.591. The van der Waals surface area contributed by atoms with Gasteiger partial charge in [-0.25, -0.2) is 0 Å². The summed E-state index contributed by atoms with van der Waals surface area (Å²) in [6, 6.07) is 38.7. The largest absolute Gasteiger partial charge is 0.456 e. The third kappa shape index (κ3) is 2.92. The molecule has 0 saturated carbocycles. The molecule has 0 bridgehead atoms. The molecule has 0 atom stereocenters. The molecule has 7 aromatic rings. The van der Waals surface area contributed by atoms with Gasteiger partial charge < -0.3 is 8.98 Å². The lowest BCUT2D eigenvalue weighted by Gasteiger charge is -2.11. The van der Waals surface area contributed by atoms with Gasteiger partial charge in [-0.05, 0) is 71.8 Å². The molecule has 166 valence electrons. The van der Waals surface area contributed by atoms with Crippen LogP contribution < -0.4 is 0 Å². The van der Waals surface area contributed by atoms with Gasteiger partial charge in [0.05, 0.1) is 34.3 Å². The van der Waals surface area contributed by atoms with Crippen LogP contribution in [0.3, 0.4) is 0 Å². The van der Waals surface area contributed by atoms with Crippen LogP contribution in [0.2, 0.25) is 0 Å². The second-order valence-corrected chi connectivity index (χ2v) is 8.89. The lowest BCUT2D eigenvalue weighted by atomic mass is 9.99. The monoisotopic (exact) mass is 459 g/mol. The number of nitriles is 2. The van der Waals surface area contributed by atoms with Crippen molar-refractivity contribution in [1.29, 1.82) is 10.5 Å². The van der Waals surface area contributed by atoms with Crippen molar-refractivity contribution in [3.8, 4) is 29.0 Å². The zero-order chi connectivity index (χ0) is 24.2. The van der Waals surface area contributed by atoms with Gasteiger partial charge in [-0.15, -0.1) is 0 Å². The van der Waals surface area contributed by atoms with Crippen molar-refractivity contribution in [2.75, 3.05) is 0 Å². The lowest BCUT2D eigenvalue weighted by Crippen LogP contribution is -1.96. The van der Waals surface area contributed by atoms with Crippen LogP contribution in [0.4, 0.5) is 0 Å². The van der Waals surface area contributed by atoms with E-state index in [-0.39, 0.29) is 0 Å². The van der Waals surface area contributed by atoms with Crippen molar-refractivity contribution in [1.82, 2.24) is 4.57 Å². The van der Waals surface area contributed by atoms with Gasteiger partial charge in [0, 0.05) is 27.2 Å². The van der Waals surface area contributed by atoms with Crippen LogP contribution in [0, 0.1) is 22.7 Å². The number of hydrogen-bond acceptors (Lipinski definition) is 3. The Labute approximate surface area is 206 Å². The van der Waals surface area contributed by atoms with Crippen LogP contribution in [-0.4, -0.2) is 4.57 Å². The maximum Gasteiger partial charge on any atom is 0.135 e. The van der Waals surface area contributed by atoms with E-state index in [1.54, 1.807) is 6.07 Å². The molecule has 7 rings (SSSR count). The number of rotatable bonds is 2. The second kappa shape index (κ2) is 7.60. The first-order valence-corrected chi connectivity index (χ1v) is 11.6. The molecule has 0 aliphatic rings. The van der Waals surface area contributed by atoms with E-state index in [9.17, 15) is 10.5 Å². The van der Waals surface area contributed by atoms with E-state index >= 15 is 0 Å². The lowest BCUT2D eigenvalue weighted by molar-refractivity contribution is 0.669. The van der Waals surface area contributed by atoms with Crippen LogP contribution in [-0.2, 0) is 0 Å². The van der Waals surface area contributed by atoms with E-state index in [1.807, 2.05) is 48.5 Å². The predicted molar refractivity (Wildman–Crippen MR) is 143 cm³/mol. The summed E-state index contributed by atoms with van der Waals surface area (Å²) in [4.78, 5) is 0. The fourth-order valence-corrected chi connectivity index (χ4v) is 5.20. The van der Waals surface area contributed by atoms with Crippen LogP contribution in [0.25, 0.3) is 60.6 Å². The van der Waals surface area contributed by atoms with Gasteiger partial charge in [-0.1, -0.05) is 42.5 Å². The van der Waals surface area contributed by atoms with Gasteiger partial charge in [-0.3, -0.25) is 0 Å². The first-order valence-electron chi connectivity index (χ1n) is 11.6. The number of aromatic nitrogens is 1. The zero-order valence-electron chi connectivity index (χ0n) is 19.1. The quantitative estimate of drug-likeness (QED) is 0.262. The molecule has 0 aliphatic carbocycles. The molecule has 4 nitrogen and oxygen atoms in total. The maximum atomic E-state index is 9.89. The van der Waals surface area contributed by atoms with Crippen molar-refractivity contribution in [2.24, 2.45) is 0 Å². The van der Waals surface area contributed by atoms with E-state index in [4.69, 9.17) is 4.42 Å². The highest BCUT2D eigenvalue weighted by atomic mass is 16.3. The van der Waals surface area contributed by atoms with Gasteiger partial charge in [0.1, 0.15) is 11.2 Å². The van der Waals surface area contributed by atoms with E-state index in [0.717, 1.165) is 49.8 Å². The molecule has 0 amide bonds. The zero-order valence-corrected chi connectivity index (χ0v) is 19.1. The van der Waals surface area contributed by atoms with Gasteiger partial charge in [0.2, 0.25) is 0 Å². The Morgan fingerprint density at radius 2 is 1.17 bits per heavy atom. The summed E-state index contributed by atoms with van der Waals surface area (Å²) in [7, 11) is 0. The standard InChI is InChI=1S/C32H17N3O/c33-18-20-9-11-31-27(15-20)28-17-22(10-12-32(28)36-31)23-13-21(19-34)14-24(16-23)35-29-7-3-1-5-25(29)26-6-2-4-8-30(26)35/h1-17H. The van der Waals surface area contributed by atoms with Gasteiger partial charge in [0.15, 0.2) is 0 Å². The summed E-state index contributed by atoms with van der Waals surface area (Å²) in [6.45, 7) is 0. The summed E-state index contributed by atoms with van der Waals surface area (Å²) in [5.74, 6) is 0. The van der Waals surface area contributed by atoms with E-state index in [0.29, 0.717) is 11.1 Å². The number of para-hydroxylation sites is 2. The first-order chi connectivity index (χ1) is 17.7. The topological polar surface area (TPSA) is 65.7 Å². The molecule has 0 aliphatic heterocycles. The molecule has 4 heteroatoms. The number of furan rings is 1. The highest BCUT2D eigenvalue weighted by Gasteiger charge is 2.15. The molecule has 0 saturated heterocycles. The number of hydrogen-bond donors (Lipinski definition) is 0. The van der Waals surface area contributed by atoms with Gasteiger partial charge >= 0.3 is 0 Å². The molecule has 0 N–H and O–H groups in total. The Bertz CT molecular complexity index is 2030. The van der Waals surface area contributed by atoms with E-state index in [1.165, 1.54) is 10.8 Å². The Balaban J connectivity index is 1.49. The van der Waals surface area contributed by atoms with Gasteiger partial charge in [-0.2, -0.15) is 10.5 Å². The highest BCUT2D eigenvalue weighted by Crippen LogP contribution is 2.36. The van der Waals surface area contributed by atoms with Crippen LogP contribution in [0.15, 0.2) is 108 Å². The molecule has 0 fully saturated rings. The van der Waals surface area contributed by atoms with Gasteiger partial charge in [0.25, 0.3) is 0 Å². The van der Waals surface area contributed by atoms with E-state index in [2.05, 4.69) is 65.2 Å². The van der Waals surface area contributed by atoms with Crippen LogP contribution >= 0.6 is 0 Å². The van der Waals surface area contributed by atoms with E-state index < -0.39 is 0 Å². The third-order valence-electron chi connectivity index (χ3n) is 6.82. The average molecular weight is 460 g/mol. The minimum Gasteiger partial charge on any atom is -0.456 e. The molecular formula is C32H17N3O. The molecule has 5 aromatic carbocycles. The molecule has 0 unspecified atom stereocenters. The van der Waals surface area contributed by atoms with Crippen molar-refractivity contribution in [2.45, 2.75) is 0 Å². The Kier molecular flexibility index (Phi) is 4.24. The third-order valence-corrected chi connectivity index (χ3v) is 6.82. The number of benzene rings is 5. The summed E-state index contributed by atoms with van der Waals surface area (Å²) >= 11 is 0. The molecular weight excluding hydrogens is 442 g/mol. The highest BCUT2D eigenvalue weighted by molar-refractivity contribution is 6.09. The SMILES string of the molecule is N#Cc1cc(-c2ccc3oc4ccc(C#N)cc4c3c2)cc(-n2c3ccccc3c3ccccc32)c1. The van der Waals surface area contributed by atoms with Crippen molar-refractivity contribution < 1.29 is 4.42 Å². The Hall–Kier alpha value is -5.32. The first kappa shape index (κ1) is 20.1. The fraction of sp³-hybridized carbons (Fsp3) is 0. The Morgan fingerprint density at radius 3 is 1.86 bits per heavy atom. The summed E-state index contributed by atoms with van der Waals surface area (Å²) in [5.41, 5.74) is 7.75. The summed E-state index contributed by atoms with van der Waals surface area (Å²) in [5, 5.41) is 23.5. The van der Waals surface area contributed by atoms with Crippen molar-refractivity contribution in [3.05, 3.63) is 114 Å². The molecule has 2 aromatic heterocycles. The van der Waals surface area contributed by atoms with Crippen molar-refractivity contribution in [3.63, 3.8) is 0 Å². The van der Waals surface area contributed by atoms with Crippen LogP contribution in [0.1, 0.15) is 11.1 Å². The molecule has 0 spiro atoms.